The number of unbranched alkanes of at least 4 members (excludes halogenated alkanes) is 22. The Kier molecular flexibility index (Phi) is 27.7. The zero-order valence-electron chi connectivity index (χ0n) is 44.7. The first-order chi connectivity index (χ1) is 34.4. The van der Waals surface area contributed by atoms with E-state index in [4.69, 9.17) is 28.4 Å². The quantitative estimate of drug-likeness (QED) is 0.0221. The lowest BCUT2D eigenvalue weighted by Crippen LogP contribution is -2.05. The minimum absolute atomic E-state index is 0.640. The van der Waals surface area contributed by atoms with Gasteiger partial charge in [-0.25, -0.2) is 0 Å². The maximum atomic E-state index is 6.79. The number of ether oxygens (including phenoxy) is 6. The number of rotatable bonds is 40. The van der Waals surface area contributed by atoms with Crippen molar-refractivity contribution in [2.24, 2.45) is 0 Å². The second-order valence-corrected chi connectivity index (χ2v) is 21.4. The molecule has 0 bridgehead atoms. The van der Waals surface area contributed by atoms with E-state index >= 15 is 0 Å². The van der Waals surface area contributed by atoms with Crippen LogP contribution in [0.1, 0.15) is 221 Å². The summed E-state index contributed by atoms with van der Waals surface area (Å²) in [6.45, 7) is 17.5. The Labute approximate surface area is 441 Å². The molecule has 5 aromatic rings. The molecule has 0 aliphatic heterocycles. The van der Waals surface area contributed by atoms with Gasteiger partial charge in [0.2, 0.25) is 0 Å². The molecule has 0 saturated carbocycles. The standard InChI is InChI=1S/C62H92Br2O6/c1-7-13-19-25-27-33-39-69-61-59(63)53-41-47-48(42-54(53)60(64)62(61)70-40-34-28-26-20-14-8-2)50-44-56(66-36-30-22-16-10-4)58(68-38-32-24-18-12-6)46-52(50)51-45-57(67-37-31-23-17-11-5)55(43-49(47)51)65-35-29-21-15-9-3/h41-46H,7-40H2,1-6H3. The summed E-state index contributed by atoms with van der Waals surface area (Å²) < 4.78 is 42.3. The fourth-order valence-corrected chi connectivity index (χ4v) is 10.8. The van der Waals surface area contributed by atoms with Gasteiger partial charge in [-0.3, -0.25) is 0 Å². The number of benzene rings is 5. The molecule has 0 saturated heterocycles. The van der Waals surface area contributed by atoms with Crippen molar-refractivity contribution in [3.63, 3.8) is 0 Å². The molecule has 0 aromatic heterocycles. The van der Waals surface area contributed by atoms with Crippen molar-refractivity contribution < 1.29 is 28.4 Å². The maximum absolute atomic E-state index is 6.79. The Morgan fingerprint density at radius 2 is 0.443 bits per heavy atom. The largest absolute Gasteiger partial charge is 0.490 e. The van der Waals surface area contributed by atoms with Crippen LogP contribution in [0.2, 0.25) is 0 Å². The van der Waals surface area contributed by atoms with Crippen LogP contribution in [-0.2, 0) is 0 Å². The summed E-state index contributed by atoms with van der Waals surface area (Å²) in [5.41, 5.74) is 0. The minimum Gasteiger partial charge on any atom is -0.490 e. The van der Waals surface area contributed by atoms with Gasteiger partial charge in [-0.1, -0.05) is 183 Å². The van der Waals surface area contributed by atoms with Crippen LogP contribution >= 0.6 is 31.9 Å². The van der Waals surface area contributed by atoms with Crippen LogP contribution < -0.4 is 28.4 Å². The summed E-state index contributed by atoms with van der Waals surface area (Å²) in [7, 11) is 0. The van der Waals surface area contributed by atoms with E-state index in [2.05, 4.69) is 110 Å². The lowest BCUT2D eigenvalue weighted by molar-refractivity contribution is 0.256. The highest BCUT2D eigenvalue weighted by molar-refractivity contribution is 9.11. The summed E-state index contributed by atoms with van der Waals surface area (Å²) in [6, 6.07) is 13.7. The number of hydrogen-bond donors (Lipinski definition) is 0. The summed E-state index contributed by atoms with van der Waals surface area (Å²) in [6.07, 6.45) is 32.7. The van der Waals surface area contributed by atoms with Gasteiger partial charge in [0.25, 0.3) is 0 Å². The molecule has 390 valence electrons. The molecule has 0 atom stereocenters. The van der Waals surface area contributed by atoms with Crippen LogP contribution in [0.4, 0.5) is 0 Å². The molecule has 0 unspecified atom stereocenters. The molecule has 0 N–H and O–H groups in total. The zero-order valence-corrected chi connectivity index (χ0v) is 47.9. The number of halogens is 2. The van der Waals surface area contributed by atoms with Crippen LogP contribution in [0.25, 0.3) is 43.1 Å². The highest BCUT2D eigenvalue weighted by atomic mass is 79.9. The van der Waals surface area contributed by atoms with E-state index in [-0.39, 0.29) is 0 Å². The summed E-state index contributed by atoms with van der Waals surface area (Å²) in [5.74, 6) is 4.78. The van der Waals surface area contributed by atoms with Crippen LogP contribution in [0.5, 0.6) is 34.5 Å². The second kappa shape index (κ2) is 33.6. The fourth-order valence-electron chi connectivity index (χ4n) is 9.53. The third-order valence-electron chi connectivity index (χ3n) is 13.8. The summed E-state index contributed by atoms with van der Waals surface area (Å²) >= 11 is 8.30. The van der Waals surface area contributed by atoms with E-state index in [1.54, 1.807) is 0 Å². The van der Waals surface area contributed by atoms with E-state index in [9.17, 15) is 0 Å². The highest BCUT2D eigenvalue weighted by Crippen LogP contribution is 2.51. The van der Waals surface area contributed by atoms with Gasteiger partial charge in [-0.15, -0.1) is 0 Å². The van der Waals surface area contributed by atoms with Gasteiger partial charge < -0.3 is 28.4 Å². The monoisotopic (exact) mass is 1090 g/mol. The van der Waals surface area contributed by atoms with Crippen molar-refractivity contribution in [2.45, 2.75) is 221 Å². The van der Waals surface area contributed by atoms with Crippen LogP contribution in [-0.4, -0.2) is 39.6 Å². The molecular weight excluding hydrogens is 1000 g/mol. The third-order valence-corrected chi connectivity index (χ3v) is 15.4. The van der Waals surface area contributed by atoms with Crippen molar-refractivity contribution in [1.82, 2.24) is 0 Å². The van der Waals surface area contributed by atoms with Crippen LogP contribution in [0.3, 0.4) is 0 Å². The fraction of sp³-hybridized carbons (Fsp3) is 0.645. The van der Waals surface area contributed by atoms with Crippen LogP contribution in [0, 0.1) is 0 Å². The molecular formula is C62H92Br2O6. The first kappa shape index (κ1) is 57.8. The molecule has 0 heterocycles. The highest BCUT2D eigenvalue weighted by Gasteiger charge is 2.24. The van der Waals surface area contributed by atoms with E-state index in [1.165, 1.54) is 103 Å². The first-order valence-electron chi connectivity index (χ1n) is 28.5. The van der Waals surface area contributed by atoms with Crippen molar-refractivity contribution in [3.05, 3.63) is 45.3 Å². The molecule has 5 rings (SSSR count). The lowest BCUT2D eigenvalue weighted by Gasteiger charge is -2.21. The predicted molar refractivity (Wildman–Crippen MR) is 308 cm³/mol. The van der Waals surface area contributed by atoms with Crippen molar-refractivity contribution in [2.75, 3.05) is 39.6 Å². The Balaban J connectivity index is 1.74. The molecule has 0 aliphatic rings. The molecule has 5 aromatic carbocycles. The Morgan fingerprint density at radius 3 is 0.700 bits per heavy atom. The topological polar surface area (TPSA) is 55.4 Å². The van der Waals surface area contributed by atoms with Gasteiger partial charge in [0, 0.05) is 10.8 Å². The molecule has 0 amide bonds. The molecule has 6 nitrogen and oxygen atoms in total. The van der Waals surface area contributed by atoms with Gasteiger partial charge in [0.1, 0.15) is 0 Å². The number of fused-ring (bicyclic) bond motifs is 7. The van der Waals surface area contributed by atoms with Gasteiger partial charge in [0.15, 0.2) is 34.5 Å². The average Bonchev–Trinajstić information content (AvgIpc) is 3.37. The van der Waals surface area contributed by atoms with Gasteiger partial charge in [-0.05, 0) is 139 Å². The SMILES string of the molecule is CCCCCCCCOc1c(OCCCCCCCC)c(Br)c2cc3c4cc(OCCCCCC)c(OCCCCCC)cc4c4cc(OCCCCCC)c(OCCCCCC)cc4c3cc2c1Br. The van der Waals surface area contributed by atoms with E-state index < -0.39 is 0 Å². The number of hydrogen-bond acceptors (Lipinski definition) is 6. The van der Waals surface area contributed by atoms with Gasteiger partial charge in [0.05, 0.1) is 48.6 Å². The van der Waals surface area contributed by atoms with E-state index in [1.807, 2.05) is 0 Å². The normalized spacial score (nSPS) is 11.7. The zero-order chi connectivity index (χ0) is 49.8. The van der Waals surface area contributed by atoms with Gasteiger partial charge >= 0.3 is 0 Å². The first-order valence-corrected chi connectivity index (χ1v) is 30.1. The molecule has 0 aliphatic carbocycles. The Hall–Kier alpha value is -3.10. The molecule has 0 fully saturated rings. The Bertz CT molecular complexity index is 2110. The molecule has 0 radical (unpaired) electrons. The average molecular weight is 1090 g/mol. The smallest absolute Gasteiger partial charge is 0.177 e. The Morgan fingerprint density at radius 1 is 0.243 bits per heavy atom. The van der Waals surface area contributed by atoms with Crippen molar-refractivity contribution >= 4 is 74.9 Å². The van der Waals surface area contributed by atoms with Crippen molar-refractivity contribution in [1.29, 1.82) is 0 Å². The summed E-state index contributed by atoms with van der Waals surface area (Å²) in [5, 5.41) is 8.88. The maximum Gasteiger partial charge on any atom is 0.177 e. The lowest BCUT2D eigenvalue weighted by atomic mass is 9.91. The predicted octanol–water partition coefficient (Wildman–Crippen LogP) is 21.1. The second-order valence-electron chi connectivity index (χ2n) is 19.8. The minimum atomic E-state index is 0.640. The van der Waals surface area contributed by atoms with Crippen LogP contribution in [0.15, 0.2) is 45.3 Å². The van der Waals surface area contributed by atoms with E-state index in [0.29, 0.717) is 39.6 Å². The summed E-state index contributed by atoms with van der Waals surface area (Å²) in [4.78, 5) is 0. The van der Waals surface area contributed by atoms with E-state index in [0.717, 1.165) is 164 Å². The van der Waals surface area contributed by atoms with Crippen molar-refractivity contribution in [3.8, 4) is 34.5 Å². The van der Waals surface area contributed by atoms with Gasteiger partial charge in [-0.2, -0.15) is 0 Å². The molecule has 8 heteroatoms. The third kappa shape index (κ3) is 17.5. The molecule has 0 spiro atoms. The molecule has 70 heavy (non-hydrogen) atoms.